The van der Waals surface area contributed by atoms with Gasteiger partial charge in [-0.25, -0.2) is 0 Å². The summed E-state index contributed by atoms with van der Waals surface area (Å²) in [4.78, 5) is 2.17. The van der Waals surface area contributed by atoms with Gasteiger partial charge >= 0.3 is 0 Å². The molecule has 0 aliphatic carbocycles. The van der Waals surface area contributed by atoms with Crippen molar-refractivity contribution in [1.29, 1.82) is 0 Å². The van der Waals surface area contributed by atoms with Crippen LogP contribution >= 0.6 is 0 Å². The van der Waals surface area contributed by atoms with Crippen LogP contribution in [0.1, 0.15) is 19.8 Å². The van der Waals surface area contributed by atoms with E-state index in [0.717, 1.165) is 13.1 Å². The first-order chi connectivity index (χ1) is 4.81. The van der Waals surface area contributed by atoms with Crippen molar-refractivity contribution in [1.82, 2.24) is 4.90 Å². The Hall–Kier alpha value is -0.680. The average Bonchev–Trinajstić information content (AvgIpc) is 1.97. The molecule has 0 atom stereocenters. The van der Waals surface area contributed by atoms with Gasteiger partial charge in [-0.05, 0) is 20.0 Å². The molecule has 0 bridgehead atoms. The van der Waals surface area contributed by atoms with Crippen molar-refractivity contribution >= 4 is 0 Å². The van der Waals surface area contributed by atoms with Crippen molar-refractivity contribution in [2.24, 2.45) is 5.73 Å². The molecule has 0 aliphatic heterocycles. The summed E-state index contributed by atoms with van der Waals surface area (Å²) in [7, 11) is 2.06. The van der Waals surface area contributed by atoms with E-state index in [1.807, 2.05) is 0 Å². The van der Waals surface area contributed by atoms with Crippen LogP contribution in [0.15, 0.2) is 0 Å². The molecule has 2 heteroatoms. The molecular weight excluding hydrogens is 124 g/mol. The highest BCUT2D eigenvalue weighted by Gasteiger charge is 1.91. The zero-order chi connectivity index (χ0) is 7.82. The van der Waals surface area contributed by atoms with E-state index in [2.05, 4.69) is 30.8 Å². The molecule has 0 fully saturated rings. The van der Waals surface area contributed by atoms with Crippen LogP contribution in [0.2, 0.25) is 0 Å². The molecule has 10 heavy (non-hydrogen) atoms. The largest absolute Gasteiger partial charge is 0.359 e. The Bertz CT molecular complexity index is 121. The highest BCUT2D eigenvalue weighted by Crippen LogP contribution is 1.89. The zero-order valence-corrected chi connectivity index (χ0v) is 6.85. The molecule has 0 amide bonds. The second-order valence-electron chi connectivity index (χ2n) is 2.41. The van der Waals surface area contributed by atoms with Crippen LogP contribution in [-0.2, 0) is 0 Å². The number of unbranched alkanes of at least 4 members (excludes halogenated alkanes) is 1. The fourth-order valence-corrected chi connectivity index (χ4v) is 0.688. The zero-order valence-electron chi connectivity index (χ0n) is 6.85. The van der Waals surface area contributed by atoms with Crippen molar-refractivity contribution in [2.45, 2.75) is 19.8 Å². The van der Waals surface area contributed by atoms with Gasteiger partial charge in [0.05, 0.1) is 6.54 Å². The van der Waals surface area contributed by atoms with E-state index in [9.17, 15) is 0 Å². The molecule has 0 aromatic heterocycles. The molecule has 58 valence electrons. The normalized spacial score (nSPS) is 9.10. The van der Waals surface area contributed by atoms with Crippen molar-refractivity contribution in [3.63, 3.8) is 0 Å². The molecule has 0 unspecified atom stereocenters. The summed E-state index contributed by atoms with van der Waals surface area (Å²) >= 11 is 0. The van der Waals surface area contributed by atoms with Crippen molar-refractivity contribution in [2.75, 3.05) is 20.1 Å². The van der Waals surface area contributed by atoms with E-state index < -0.39 is 0 Å². The van der Waals surface area contributed by atoms with Crippen LogP contribution in [0.25, 0.3) is 0 Å². The van der Waals surface area contributed by atoms with E-state index in [-0.39, 0.29) is 0 Å². The van der Waals surface area contributed by atoms with Crippen molar-refractivity contribution in [3.05, 3.63) is 0 Å². The molecule has 0 heterocycles. The Balaban J connectivity index is 3.21. The topological polar surface area (TPSA) is 29.3 Å². The summed E-state index contributed by atoms with van der Waals surface area (Å²) in [6.07, 6.45) is 2.48. The highest BCUT2D eigenvalue weighted by atomic mass is 15.1. The molecule has 0 saturated heterocycles. The quantitative estimate of drug-likeness (QED) is 0.458. The monoisotopic (exact) mass is 140 g/mol. The van der Waals surface area contributed by atoms with E-state index >= 15 is 0 Å². The van der Waals surface area contributed by atoms with Gasteiger partial charge in [-0.1, -0.05) is 19.3 Å². The Morgan fingerprint density at radius 2 is 2.20 bits per heavy atom. The molecule has 0 saturated carbocycles. The molecule has 2 N–H and O–H groups in total. The molecule has 0 spiro atoms. The predicted molar refractivity (Wildman–Crippen MR) is 44.4 cm³/mol. The minimum atomic E-state index is 0.788. The van der Waals surface area contributed by atoms with Crippen LogP contribution in [0.4, 0.5) is 0 Å². The Kier molecular flexibility index (Phi) is 6.00. The Morgan fingerprint density at radius 3 is 2.70 bits per heavy atom. The second kappa shape index (κ2) is 6.44. The highest BCUT2D eigenvalue weighted by molar-refractivity contribution is 4.95. The van der Waals surface area contributed by atoms with Crippen LogP contribution in [0.3, 0.4) is 0 Å². The molecule has 2 nitrogen and oxygen atoms in total. The summed E-state index contributed by atoms with van der Waals surface area (Å²) in [5, 5.41) is 0. The third kappa shape index (κ3) is 5.46. The molecular formula is C8H16N2. The summed E-state index contributed by atoms with van der Waals surface area (Å²) < 4.78 is 0. The number of hydrogen-bond donors (Lipinski definition) is 1. The van der Waals surface area contributed by atoms with Gasteiger partial charge < -0.3 is 5.73 Å². The third-order valence-corrected chi connectivity index (χ3v) is 1.34. The number of hydrogen-bond acceptors (Lipinski definition) is 2. The van der Waals surface area contributed by atoms with Gasteiger partial charge in [0.15, 0.2) is 0 Å². The van der Waals surface area contributed by atoms with Gasteiger partial charge in [0.1, 0.15) is 0 Å². The van der Waals surface area contributed by atoms with E-state index in [4.69, 9.17) is 5.73 Å². The standard InChI is InChI=1S/C8H16N2/c1-3-4-7-10(2)8-5-6-9/h3-4,7-9H2,1-2H3. The van der Waals surface area contributed by atoms with Gasteiger partial charge in [-0.3, -0.25) is 4.90 Å². The van der Waals surface area contributed by atoms with E-state index in [1.54, 1.807) is 0 Å². The van der Waals surface area contributed by atoms with Crippen LogP contribution < -0.4 is 5.73 Å². The van der Waals surface area contributed by atoms with Gasteiger partial charge in [0.2, 0.25) is 0 Å². The fraction of sp³-hybridized carbons (Fsp3) is 0.750. The summed E-state index contributed by atoms with van der Waals surface area (Å²) in [6, 6.07) is 2.38. The minimum Gasteiger partial charge on any atom is -0.359 e. The van der Waals surface area contributed by atoms with Crippen LogP contribution in [0.5, 0.6) is 0 Å². The lowest BCUT2D eigenvalue weighted by Gasteiger charge is -2.10. The maximum atomic E-state index is 5.02. The first-order valence-corrected chi connectivity index (χ1v) is 3.68. The Morgan fingerprint density at radius 1 is 1.50 bits per heavy atom. The molecule has 0 aromatic rings. The first-order valence-electron chi connectivity index (χ1n) is 3.68. The van der Waals surface area contributed by atoms with Gasteiger partial charge in [-0.2, -0.15) is 0 Å². The number of rotatable bonds is 4. The maximum absolute atomic E-state index is 5.02. The van der Waals surface area contributed by atoms with Crippen molar-refractivity contribution < 1.29 is 0 Å². The van der Waals surface area contributed by atoms with E-state index in [1.165, 1.54) is 12.8 Å². The lowest BCUT2D eigenvalue weighted by Crippen LogP contribution is -2.19. The average molecular weight is 140 g/mol. The molecule has 0 aromatic carbocycles. The number of nitrogens with zero attached hydrogens (tertiary/aromatic N) is 1. The molecule has 0 radical (unpaired) electrons. The second-order valence-corrected chi connectivity index (χ2v) is 2.41. The smallest absolute Gasteiger partial charge is 0.0617 e. The van der Waals surface area contributed by atoms with Gasteiger partial charge in [0, 0.05) is 6.04 Å². The molecule has 0 rings (SSSR count). The molecule has 0 aliphatic rings. The van der Waals surface area contributed by atoms with Crippen molar-refractivity contribution in [3.8, 4) is 12.0 Å². The number of nitrogens with two attached hydrogens (primary N) is 1. The third-order valence-electron chi connectivity index (χ3n) is 1.34. The first kappa shape index (κ1) is 9.32. The van der Waals surface area contributed by atoms with Gasteiger partial charge in [0.25, 0.3) is 0 Å². The summed E-state index contributed by atoms with van der Waals surface area (Å²) in [5.74, 6) is 2.81. The van der Waals surface area contributed by atoms with Gasteiger partial charge in [-0.15, -0.1) is 0 Å². The van der Waals surface area contributed by atoms with Crippen LogP contribution in [0, 0.1) is 12.0 Å². The SMILES string of the molecule is CCCCN(C)CC#CN. The summed E-state index contributed by atoms with van der Waals surface area (Å²) in [6.45, 7) is 4.09. The lowest BCUT2D eigenvalue weighted by molar-refractivity contribution is 0.367. The fourth-order valence-electron chi connectivity index (χ4n) is 0.688. The lowest BCUT2D eigenvalue weighted by atomic mass is 10.3. The predicted octanol–water partition coefficient (Wildman–Crippen LogP) is 0.638. The van der Waals surface area contributed by atoms with E-state index in [0.29, 0.717) is 0 Å². The Labute approximate surface area is 63.4 Å². The maximum Gasteiger partial charge on any atom is 0.0617 e. The van der Waals surface area contributed by atoms with Crippen LogP contribution in [-0.4, -0.2) is 25.0 Å². The summed E-state index contributed by atoms with van der Waals surface area (Å²) in [5.41, 5.74) is 5.02. The minimum absolute atomic E-state index is 0.788.